The van der Waals surface area contributed by atoms with E-state index in [9.17, 15) is 5.11 Å². The molecule has 15 heavy (non-hydrogen) atoms. The van der Waals surface area contributed by atoms with Crippen molar-refractivity contribution in [3.8, 4) is 0 Å². The molecule has 0 bridgehead atoms. The summed E-state index contributed by atoms with van der Waals surface area (Å²) in [6, 6.07) is 8.67. The minimum Gasteiger partial charge on any atom is -0.392 e. The largest absolute Gasteiger partial charge is 0.392 e. The van der Waals surface area contributed by atoms with Crippen molar-refractivity contribution in [3.05, 3.63) is 35.4 Å². The van der Waals surface area contributed by atoms with Crippen molar-refractivity contribution in [2.75, 3.05) is 20.1 Å². The lowest BCUT2D eigenvalue weighted by molar-refractivity contribution is 0.0725. The van der Waals surface area contributed by atoms with E-state index in [1.807, 2.05) is 0 Å². The maximum atomic E-state index is 9.72. The number of aliphatic hydroxyl groups excluding tert-OH is 1. The van der Waals surface area contributed by atoms with Crippen LogP contribution in [0.1, 0.15) is 23.5 Å². The van der Waals surface area contributed by atoms with Crippen molar-refractivity contribution >= 4 is 0 Å². The van der Waals surface area contributed by atoms with Gasteiger partial charge in [-0.1, -0.05) is 29.8 Å². The van der Waals surface area contributed by atoms with Gasteiger partial charge in [0.15, 0.2) is 0 Å². The quantitative estimate of drug-likeness (QED) is 0.755. The second-order valence-electron chi connectivity index (χ2n) is 4.72. The Kier molecular flexibility index (Phi) is 3.08. The van der Waals surface area contributed by atoms with E-state index in [4.69, 9.17) is 0 Å². The summed E-state index contributed by atoms with van der Waals surface area (Å²) in [6.07, 6.45) is 0.725. The van der Waals surface area contributed by atoms with Gasteiger partial charge in [-0.25, -0.2) is 0 Å². The molecule has 2 atom stereocenters. The summed E-state index contributed by atoms with van der Waals surface area (Å²) >= 11 is 0. The maximum absolute atomic E-state index is 9.72. The highest BCUT2D eigenvalue weighted by Crippen LogP contribution is 2.26. The fourth-order valence-corrected chi connectivity index (χ4v) is 2.37. The first kappa shape index (κ1) is 10.7. The fourth-order valence-electron chi connectivity index (χ4n) is 2.37. The molecule has 1 aliphatic rings. The highest BCUT2D eigenvalue weighted by atomic mass is 16.3. The van der Waals surface area contributed by atoms with Gasteiger partial charge in [-0.2, -0.15) is 0 Å². The van der Waals surface area contributed by atoms with Crippen LogP contribution in [0, 0.1) is 6.92 Å². The van der Waals surface area contributed by atoms with Crippen LogP contribution in [-0.2, 0) is 0 Å². The van der Waals surface area contributed by atoms with Crippen LogP contribution in [-0.4, -0.2) is 36.2 Å². The van der Waals surface area contributed by atoms with Gasteiger partial charge >= 0.3 is 0 Å². The third-order valence-corrected chi connectivity index (χ3v) is 3.16. The number of likely N-dealkylation sites (N-methyl/N-ethyl adjacent to an activating group) is 1. The zero-order valence-electron chi connectivity index (χ0n) is 9.48. The van der Waals surface area contributed by atoms with E-state index >= 15 is 0 Å². The number of hydrogen-bond acceptors (Lipinski definition) is 2. The van der Waals surface area contributed by atoms with Crippen molar-refractivity contribution < 1.29 is 5.11 Å². The first-order chi connectivity index (χ1) is 7.15. The monoisotopic (exact) mass is 205 g/mol. The normalized spacial score (nSPS) is 27.9. The molecule has 2 heteroatoms. The first-order valence-electron chi connectivity index (χ1n) is 5.58. The van der Waals surface area contributed by atoms with Gasteiger partial charge in [-0.05, 0) is 31.9 Å². The predicted octanol–water partition coefficient (Wildman–Crippen LogP) is 1.78. The number of rotatable bonds is 1. The lowest BCUT2D eigenvalue weighted by Gasteiger charge is -2.33. The average Bonchev–Trinajstić information content (AvgIpc) is 2.17. The van der Waals surface area contributed by atoms with Crippen LogP contribution >= 0.6 is 0 Å². The van der Waals surface area contributed by atoms with Crippen molar-refractivity contribution in [2.24, 2.45) is 0 Å². The predicted molar refractivity (Wildman–Crippen MR) is 62.0 cm³/mol. The summed E-state index contributed by atoms with van der Waals surface area (Å²) < 4.78 is 0. The molecule has 82 valence electrons. The Balaban J connectivity index is 2.12. The van der Waals surface area contributed by atoms with E-state index < -0.39 is 0 Å². The summed E-state index contributed by atoms with van der Waals surface area (Å²) in [5.41, 5.74) is 2.65. The van der Waals surface area contributed by atoms with E-state index in [-0.39, 0.29) is 6.10 Å². The molecular formula is C13H19NO. The molecule has 2 nitrogen and oxygen atoms in total. The molecule has 0 aromatic heterocycles. The van der Waals surface area contributed by atoms with Gasteiger partial charge in [0.05, 0.1) is 6.10 Å². The maximum Gasteiger partial charge on any atom is 0.0673 e. The molecule has 0 unspecified atom stereocenters. The zero-order chi connectivity index (χ0) is 10.8. The molecule has 0 aliphatic carbocycles. The lowest BCUT2D eigenvalue weighted by atomic mass is 9.89. The number of nitrogens with zero attached hydrogens (tertiary/aromatic N) is 1. The van der Waals surface area contributed by atoms with Crippen LogP contribution in [0.5, 0.6) is 0 Å². The van der Waals surface area contributed by atoms with Gasteiger partial charge in [-0.3, -0.25) is 0 Å². The Hall–Kier alpha value is -0.860. The second-order valence-corrected chi connectivity index (χ2v) is 4.72. The Morgan fingerprint density at radius 1 is 1.20 bits per heavy atom. The second kappa shape index (κ2) is 4.33. The molecule has 1 saturated heterocycles. The van der Waals surface area contributed by atoms with Gasteiger partial charge in [0.25, 0.3) is 0 Å². The Morgan fingerprint density at radius 3 is 2.47 bits per heavy atom. The molecule has 2 rings (SSSR count). The smallest absolute Gasteiger partial charge is 0.0673 e. The van der Waals surface area contributed by atoms with Crippen molar-refractivity contribution in [1.29, 1.82) is 0 Å². The number of β-amino-alcohol motifs (C(OH)–C–C–N with tert-alkyl or cyclic N) is 1. The number of piperidine rings is 1. The number of benzene rings is 1. The molecule has 0 radical (unpaired) electrons. The number of likely N-dealkylation sites (tertiary alicyclic amines) is 1. The Morgan fingerprint density at radius 2 is 1.87 bits per heavy atom. The summed E-state index contributed by atoms with van der Waals surface area (Å²) in [5.74, 6) is 0.486. The summed E-state index contributed by atoms with van der Waals surface area (Å²) in [7, 11) is 2.07. The van der Waals surface area contributed by atoms with Crippen molar-refractivity contribution in [1.82, 2.24) is 4.90 Å². The summed E-state index contributed by atoms with van der Waals surface area (Å²) in [5, 5.41) is 9.72. The van der Waals surface area contributed by atoms with E-state index in [0.717, 1.165) is 19.5 Å². The van der Waals surface area contributed by atoms with E-state index in [1.165, 1.54) is 11.1 Å². The van der Waals surface area contributed by atoms with Gasteiger partial charge in [0, 0.05) is 13.1 Å². The molecule has 1 aliphatic heterocycles. The lowest BCUT2D eigenvalue weighted by Crippen LogP contribution is -2.39. The zero-order valence-corrected chi connectivity index (χ0v) is 9.48. The standard InChI is InChI=1S/C13H19NO/c1-10-3-5-11(6-4-10)12-7-13(15)9-14(2)8-12/h3-6,12-13,15H,7-9H2,1-2H3/t12-,13+/m0/s1. The van der Waals surface area contributed by atoms with Gasteiger partial charge in [0.2, 0.25) is 0 Å². The molecule has 1 aromatic carbocycles. The molecule has 0 saturated carbocycles. The Labute approximate surface area is 91.5 Å². The van der Waals surface area contributed by atoms with E-state index in [2.05, 4.69) is 43.1 Å². The minimum atomic E-state index is -0.171. The third-order valence-electron chi connectivity index (χ3n) is 3.16. The van der Waals surface area contributed by atoms with Crippen LogP contribution in [0.25, 0.3) is 0 Å². The van der Waals surface area contributed by atoms with E-state index in [0.29, 0.717) is 5.92 Å². The van der Waals surface area contributed by atoms with Crippen LogP contribution in [0.2, 0.25) is 0 Å². The van der Waals surface area contributed by atoms with Gasteiger partial charge < -0.3 is 10.0 Å². The molecule has 1 aromatic rings. The third kappa shape index (κ3) is 2.58. The van der Waals surface area contributed by atoms with Crippen molar-refractivity contribution in [3.63, 3.8) is 0 Å². The molecule has 0 amide bonds. The highest BCUT2D eigenvalue weighted by Gasteiger charge is 2.24. The molecule has 1 heterocycles. The Bertz CT molecular complexity index is 310. The highest BCUT2D eigenvalue weighted by molar-refractivity contribution is 5.25. The summed E-state index contributed by atoms with van der Waals surface area (Å²) in [4.78, 5) is 2.21. The number of hydrogen-bond donors (Lipinski definition) is 1. The minimum absolute atomic E-state index is 0.171. The van der Waals surface area contributed by atoms with Gasteiger partial charge in [-0.15, -0.1) is 0 Å². The number of aliphatic hydroxyl groups is 1. The molecule has 1 N–H and O–H groups in total. The molecule has 1 fully saturated rings. The average molecular weight is 205 g/mol. The first-order valence-corrected chi connectivity index (χ1v) is 5.58. The van der Waals surface area contributed by atoms with Crippen LogP contribution in [0.4, 0.5) is 0 Å². The fraction of sp³-hybridized carbons (Fsp3) is 0.538. The molecular weight excluding hydrogens is 186 g/mol. The summed E-state index contributed by atoms with van der Waals surface area (Å²) in [6.45, 7) is 3.97. The van der Waals surface area contributed by atoms with Crippen LogP contribution in [0.3, 0.4) is 0 Å². The number of aryl methyl sites for hydroxylation is 1. The van der Waals surface area contributed by atoms with E-state index in [1.54, 1.807) is 0 Å². The van der Waals surface area contributed by atoms with Crippen LogP contribution in [0.15, 0.2) is 24.3 Å². The van der Waals surface area contributed by atoms with Gasteiger partial charge in [0.1, 0.15) is 0 Å². The van der Waals surface area contributed by atoms with Crippen LogP contribution < -0.4 is 0 Å². The molecule has 0 spiro atoms. The SMILES string of the molecule is Cc1ccc([C@H]2C[C@@H](O)CN(C)C2)cc1. The topological polar surface area (TPSA) is 23.5 Å². The van der Waals surface area contributed by atoms with Crippen molar-refractivity contribution in [2.45, 2.75) is 25.4 Å².